The lowest BCUT2D eigenvalue weighted by atomic mass is 10.1. The van der Waals surface area contributed by atoms with E-state index in [-0.39, 0.29) is 11.9 Å². The normalized spacial score (nSPS) is 18.2. The van der Waals surface area contributed by atoms with Crippen molar-refractivity contribution in [1.29, 1.82) is 0 Å². The van der Waals surface area contributed by atoms with Crippen LogP contribution < -0.4 is 10.2 Å². The highest BCUT2D eigenvalue weighted by Gasteiger charge is 2.26. The highest BCUT2D eigenvalue weighted by atomic mass is 32.1. The molecule has 2 aromatic heterocycles. The van der Waals surface area contributed by atoms with Gasteiger partial charge in [0.05, 0.1) is 35.4 Å². The van der Waals surface area contributed by atoms with Crippen LogP contribution >= 0.6 is 11.3 Å². The van der Waals surface area contributed by atoms with Gasteiger partial charge < -0.3 is 19.4 Å². The number of carbonyl (C=O) groups is 1. The summed E-state index contributed by atoms with van der Waals surface area (Å²) in [5.74, 6) is 0.896. The number of likely N-dealkylation sites (tertiary alicyclic amines) is 1. The summed E-state index contributed by atoms with van der Waals surface area (Å²) < 4.78 is 11.3. The predicted octanol–water partition coefficient (Wildman–Crippen LogP) is 4.80. The predicted molar refractivity (Wildman–Crippen MR) is 132 cm³/mol. The van der Waals surface area contributed by atoms with Gasteiger partial charge in [-0.05, 0) is 49.7 Å². The van der Waals surface area contributed by atoms with Crippen LogP contribution in [0.1, 0.15) is 40.7 Å². The molecule has 2 aliphatic heterocycles. The molecule has 0 bridgehead atoms. The molecule has 0 saturated carbocycles. The number of ether oxygens (including phenoxy) is 1. The minimum atomic E-state index is -0.0229. The first kappa shape index (κ1) is 22.2. The fraction of sp³-hybridized carbons (Fsp3) is 0.423. The molecule has 0 radical (unpaired) electrons. The summed E-state index contributed by atoms with van der Waals surface area (Å²) in [7, 11) is 0. The monoisotopic (exact) mass is 465 g/mol. The molecule has 33 heavy (non-hydrogen) atoms. The van der Waals surface area contributed by atoms with E-state index < -0.39 is 0 Å². The Balaban J connectivity index is 1.36. The molecule has 7 heteroatoms. The Bertz CT molecular complexity index is 1020. The van der Waals surface area contributed by atoms with E-state index in [9.17, 15) is 4.79 Å². The second-order valence-corrected chi connectivity index (χ2v) is 9.66. The van der Waals surface area contributed by atoms with E-state index in [1.54, 1.807) is 17.6 Å². The third-order valence-corrected chi connectivity index (χ3v) is 7.67. The molecule has 2 aliphatic rings. The van der Waals surface area contributed by atoms with Crippen molar-refractivity contribution in [1.82, 2.24) is 10.2 Å². The van der Waals surface area contributed by atoms with Crippen molar-refractivity contribution in [3.05, 3.63) is 65.4 Å². The molecular weight excluding hydrogens is 434 g/mol. The molecule has 1 N–H and O–H groups in total. The van der Waals surface area contributed by atoms with Gasteiger partial charge in [0, 0.05) is 25.2 Å². The number of thiophene rings is 1. The molecule has 4 heterocycles. The number of nitrogens with zero attached hydrogens (tertiary/aromatic N) is 2. The van der Waals surface area contributed by atoms with Crippen molar-refractivity contribution in [2.75, 3.05) is 50.8 Å². The molecule has 0 aliphatic carbocycles. The lowest BCUT2D eigenvalue weighted by Crippen LogP contribution is -2.40. The van der Waals surface area contributed by atoms with Gasteiger partial charge in [-0.25, -0.2) is 0 Å². The van der Waals surface area contributed by atoms with Gasteiger partial charge in [-0.1, -0.05) is 36.8 Å². The lowest BCUT2D eigenvalue weighted by Gasteiger charge is -2.33. The molecule has 1 unspecified atom stereocenters. The number of piperidine rings is 1. The maximum atomic E-state index is 13.3. The van der Waals surface area contributed by atoms with E-state index in [1.165, 1.54) is 19.3 Å². The fourth-order valence-electron chi connectivity index (χ4n) is 4.72. The number of rotatable bonds is 7. The van der Waals surface area contributed by atoms with Crippen molar-refractivity contribution in [3.63, 3.8) is 0 Å². The van der Waals surface area contributed by atoms with Crippen LogP contribution in [0.3, 0.4) is 0 Å². The zero-order valence-corrected chi connectivity index (χ0v) is 19.7. The van der Waals surface area contributed by atoms with E-state index in [2.05, 4.69) is 27.2 Å². The van der Waals surface area contributed by atoms with Crippen LogP contribution in [0.5, 0.6) is 0 Å². The van der Waals surface area contributed by atoms with Crippen molar-refractivity contribution < 1.29 is 13.9 Å². The molecule has 6 nitrogen and oxygen atoms in total. The van der Waals surface area contributed by atoms with Gasteiger partial charge in [-0.2, -0.15) is 0 Å². The van der Waals surface area contributed by atoms with Gasteiger partial charge in [0.15, 0.2) is 0 Å². The van der Waals surface area contributed by atoms with Gasteiger partial charge in [0.1, 0.15) is 5.76 Å². The van der Waals surface area contributed by atoms with Gasteiger partial charge in [0.25, 0.3) is 5.91 Å². The standard InChI is InChI=1S/C26H31N3O3S/c30-25(27-19-22(23-10-7-15-32-23)28-11-5-2-6-12-28)24-18-21(20-8-3-1-4-9-20)26(33-24)29-13-16-31-17-14-29/h1,3-4,7-10,15,18,22H,2,5-6,11-14,16-17,19H2,(H,27,30). The van der Waals surface area contributed by atoms with E-state index >= 15 is 0 Å². The van der Waals surface area contributed by atoms with Gasteiger partial charge in [-0.15, -0.1) is 11.3 Å². The number of anilines is 1. The topological polar surface area (TPSA) is 58.0 Å². The smallest absolute Gasteiger partial charge is 0.261 e. The number of morpholine rings is 1. The summed E-state index contributed by atoms with van der Waals surface area (Å²) in [6, 6.07) is 16.4. The van der Waals surface area contributed by atoms with E-state index in [0.717, 1.165) is 52.9 Å². The third-order valence-electron chi connectivity index (χ3n) is 6.48. The summed E-state index contributed by atoms with van der Waals surface area (Å²) in [5, 5.41) is 4.35. The van der Waals surface area contributed by atoms with Crippen LogP contribution in [0, 0.1) is 0 Å². The van der Waals surface area contributed by atoms with Crippen LogP contribution in [-0.4, -0.2) is 56.7 Å². The minimum Gasteiger partial charge on any atom is -0.468 e. The molecule has 5 rings (SSSR count). The van der Waals surface area contributed by atoms with E-state index in [4.69, 9.17) is 9.15 Å². The van der Waals surface area contributed by atoms with Crippen molar-refractivity contribution >= 4 is 22.2 Å². The van der Waals surface area contributed by atoms with Gasteiger partial charge in [0.2, 0.25) is 0 Å². The highest BCUT2D eigenvalue weighted by molar-refractivity contribution is 7.18. The van der Waals surface area contributed by atoms with Gasteiger partial charge >= 0.3 is 0 Å². The number of nitrogens with one attached hydrogen (secondary N) is 1. The second-order valence-electron chi connectivity index (χ2n) is 8.63. The van der Waals surface area contributed by atoms with Crippen LogP contribution in [-0.2, 0) is 4.74 Å². The molecule has 1 atom stereocenters. The summed E-state index contributed by atoms with van der Waals surface area (Å²) in [4.78, 5) is 18.8. The highest BCUT2D eigenvalue weighted by Crippen LogP contribution is 2.39. The van der Waals surface area contributed by atoms with Crippen LogP contribution in [0.4, 0.5) is 5.00 Å². The SMILES string of the molecule is O=C(NCC(c1ccco1)N1CCCCC1)c1cc(-c2ccccc2)c(N2CCOCC2)s1. The van der Waals surface area contributed by atoms with Crippen LogP contribution in [0.15, 0.2) is 59.2 Å². The molecule has 2 saturated heterocycles. The minimum absolute atomic E-state index is 0.0229. The Labute approximate surface area is 199 Å². The first-order chi connectivity index (χ1) is 16.3. The number of furan rings is 1. The summed E-state index contributed by atoms with van der Waals surface area (Å²) in [6.45, 7) is 5.74. The second kappa shape index (κ2) is 10.5. The molecule has 1 amide bonds. The number of hydrogen-bond acceptors (Lipinski definition) is 6. The zero-order valence-electron chi connectivity index (χ0n) is 18.9. The third kappa shape index (κ3) is 5.16. The number of hydrogen-bond donors (Lipinski definition) is 1. The summed E-state index contributed by atoms with van der Waals surface area (Å²) in [6.07, 6.45) is 5.38. The van der Waals surface area contributed by atoms with Crippen LogP contribution in [0.25, 0.3) is 11.1 Å². The van der Waals surface area contributed by atoms with Crippen LogP contribution in [0.2, 0.25) is 0 Å². The summed E-state index contributed by atoms with van der Waals surface area (Å²) >= 11 is 1.57. The van der Waals surface area contributed by atoms with Gasteiger partial charge in [-0.3, -0.25) is 9.69 Å². The Morgan fingerprint density at radius 1 is 1.00 bits per heavy atom. The summed E-state index contributed by atoms with van der Waals surface area (Å²) in [5.41, 5.74) is 2.25. The molecule has 0 spiro atoms. The zero-order chi connectivity index (χ0) is 22.5. The average molecular weight is 466 g/mol. The Morgan fingerprint density at radius 2 is 1.79 bits per heavy atom. The number of carbonyl (C=O) groups excluding carboxylic acids is 1. The average Bonchev–Trinajstić information content (AvgIpc) is 3.57. The van der Waals surface area contributed by atoms with E-state index in [0.29, 0.717) is 19.8 Å². The fourth-order valence-corrected chi connectivity index (χ4v) is 5.86. The number of amides is 1. The Kier molecular flexibility index (Phi) is 7.09. The maximum absolute atomic E-state index is 13.3. The quantitative estimate of drug-likeness (QED) is 0.543. The lowest BCUT2D eigenvalue weighted by molar-refractivity contribution is 0.0918. The van der Waals surface area contributed by atoms with E-state index in [1.807, 2.05) is 36.4 Å². The maximum Gasteiger partial charge on any atom is 0.261 e. The Hall–Kier alpha value is -2.61. The molecule has 3 aromatic rings. The van der Waals surface area contributed by atoms with Crippen molar-refractivity contribution in [2.24, 2.45) is 0 Å². The first-order valence-electron chi connectivity index (χ1n) is 11.9. The number of benzene rings is 1. The molecular formula is C26H31N3O3S. The molecule has 1 aromatic carbocycles. The molecule has 174 valence electrons. The largest absolute Gasteiger partial charge is 0.468 e. The van der Waals surface area contributed by atoms with Crippen molar-refractivity contribution in [3.8, 4) is 11.1 Å². The first-order valence-corrected chi connectivity index (χ1v) is 12.7. The molecule has 2 fully saturated rings. The Morgan fingerprint density at radius 3 is 2.52 bits per heavy atom. The van der Waals surface area contributed by atoms with Crippen molar-refractivity contribution in [2.45, 2.75) is 25.3 Å².